The first kappa shape index (κ1) is 9.64. The first-order chi connectivity index (χ1) is 6.19. The fraction of sp³-hybridized carbons (Fsp3) is 0.444. The van der Waals surface area contributed by atoms with Crippen LogP contribution in [-0.4, -0.2) is 15.9 Å². The minimum atomic E-state index is -0.523. The number of amides is 1. The Labute approximate surface area is 77.2 Å². The maximum atomic E-state index is 10.8. The van der Waals surface area contributed by atoms with E-state index in [0.29, 0.717) is 0 Å². The molecular formula is C9H13N3O. The van der Waals surface area contributed by atoms with Crippen LogP contribution in [0.4, 0.5) is 0 Å². The molecule has 70 valence electrons. The first-order valence-electron chi connectivity index (χ1n) is 4.33. The van der Waals surface area contributed by atoms with Crippen LogP contribution in [0.1, 0.15) is 35.7 Å². The molecule has 0 aliphatic carbocycles. The van der Waals surface area contributed by atoms with Crippen molar-refractivity contribution in [3.05, 3.63) is 23.3 Å². The van der Waals surface area contributed by atoms with Gasteiger partial charge in [-0.2, -0.15) is 0 Å². The summed E-state index contributed by atoms with van der Waals surface area (Å²) in [6, 6.07) is 0. The lowest BCUT2D eigenvalue weighted by Gasteiger charge is -2.04. The van der Waals surface area contributed by atoms with E-state index in [9.17, 15) is 4.79 Å². The molecule has 1 heterocycles. The average Bonchev–Trinajstić information content (AvgIpc) is 2.16. The number of primary amides is 1. The van der Waals surface area contributed by atoms with Crippen LogP contribution in [0, 0.1) is 0 Å². The summed E-state index contributed by atoms with van der Waals surface area (Å²) in [6.07, 6.45) is 3.03. The predicted octanol–water partition coefficient (Wildman–Crippen LogP) is 0.700. The Morgan fingerprint density at radius 3 is 2.46 bits per heavy atom. The summed E-state index contributed by atoms with van der Waals surface area (Å²) in [5.41, 5.74) is 7.13. The van der Waals surface area contributed by atoms with Crippen LogP contribution in [0.15, 0.2) is 6.20 Å². The van der Waals surface area contributed by atoms with E-state index in [1.54, 1.807) is 0 Å². The van der Waals surface area contributed by atoms with Crippen LogP contribution in [0.2, 0.25) is 0 Å². The molecule has 0 aromatic carbocycles. The number of rotatable bonds is 3. The molecule has 0 aliphatic rings. The number of aromatic nitrogens is 2. The Morgan fingerprint density at radius 1 is 1.38 bits per heavy atom. The molecule has 4 heteroatoms. The van der Waals surface area contributed by atoms with E-state index < -0.39 is 5.91 Å². The number of hydrogen-bond donors (Lipinski definition) is 1. The molecule has 0 fully saturated rings. The first-order valence-corrected chi connectivity index (χ1v) is 4.33. The van der Waals surface area contributed by atoms with E-state index in [4.69, 9.17) is 5.73 Å². The van der Waals surface area contributed by atoms with E-state index in [1.807, 2.05) is 13.8 Å². The summed E-state index contributed by atoms with van der Waals surface area (Å²) in [7, 11) is 0. The Bertz CT molecular complexity index is 323. The molecular weight excluding hydrogens is 166 g/mol. The second-order valence-electron chi connectivity index (χ2n) is 2.72. The number of nitrogens with zero attached hydrogens (tertiary/aromatic N) is 2. The van der Waals surface area contributed by atoms with Gasteiger partial charge in [0.1, 0.15) is 5.69 Å². The standard InChI is InChI=1S/C9H13N3O/c1-3-6-7(4-2)12-8(5-11-6)9(10)13/h5H,3-4H2,1-2H3,(H2,10,13). The topological polar surface area (TPSA) is 68.9 Å². The van der Waals surface area contributed by atoms with Crippen molar-refractivity contribution in [1.29, 1.82) is 0 Å². The summed E-state index contributed by atoms with van der Waals surface area (Å²) >= 11 is 0. The minimum Gasteiger partial charge on any atom is -0.364 e. The van der Waals surface area contributed by atoms with Crippen molar-refractivity contribution in [2.75, 3.05) is 0 Å². The molecule has 1 aromatic rings. The molecule has 0 bridgehead atoms. The SMILES string of the molecule is CCc1ncc(C(N)=O)nc1CC. The van der Waals surface area contributed by atoms with E-state index in [1.165, 1.54) is 6.20 Å². The van der Waals surface area contributed by atoms with Crippen LogP contribution in [-0.2, 0) is 12.8 Å². The number of hydrogen-bond acceptors (Lipinski definition) is 3. The Hall–Kier alpha value is -1.45. The van der Waals surface area contributed by atoms with Crippen molar-refractivity contribution in [3.63, 3.8) is 0 Å². The normalized spacial score (nSPS) is 10.0. The molecule has 13 heavy (non-hydrogen) atoms. The van der Waals surface area contributed by atoms with Gasteiger partial charge in [-0.15, -0.1) is 0 Å². The molecule has 0 saturated carbocycles. The van der Waals surface area contributed by atoms with Gasteiger partial charge in [-0.05, 0) is 12.8 Å². The van der Waals surface area contributed by atoms with Crippen LogP contribution in [0.25, 0.3) is 0 Å². The molecule has 0 aliphatic heterocycles. The van der Waals surface area contributed by atoms with Gasteiger partial charge in [-0.25, -0.2) is 4.98 Å². The summed E-state index contributed by atoms with van der Waals surface area (Å²) < 4.78 is 0. The van der Waals surface area contributed by atoms with Gasteiger partial charge in [0, 0.05) is 0 Å². The average molecular weight is 179 g/mol. The summed E-state index contributed by atoms with van der Waals surface area (Å²) in [5, 5.41) is 0. The molecule has 0 radical (unpaired) electrons. The minimum absolute atomic E-state index is 0.244. The molecule has 0 atom stereocenters. The van der Waals surface area contributed by atoms with E-state index in [-0.39, 0.29) is 5.69 Å². The lowest BCUT2D eigenvalue weighted by Crippen LogP contribution is -2.15. The van der Waals surface area contributed by atoms with Crippen molar-refractivity contribution in [3.8, 4) is 0 Å². The zero-order valence-electron chi connectivity index (χ0n) is 7.87. The largest absolute Gasteiger partial charge is 0.364 e. The van der Waals surface area contributed by atoms with Gasteiger partial charge in [-0.3, -0.25) is 9.78 Å². The third-order valence-corrected chi connectivity index (χ3v) is 1.85. The van der Waals surface area contributed by atoms with Crippen LogP contribution >= 0.6 is 0 Å². The van der Waals surface area contributed by atoms with Gasteiger partial charge in [0.05, 0.1) is 17.6 Å². The number of aryl methyl sites for hydroxylation is 2. The number of nitrogens with two attached hydrogens (primary N) is 1. The quantitative estimate of drug-likeness (QED) is 0.742. The third kappa shape index (κ3) is 2.02. The highest BCUT2D eigenvalue weighted by Crippen LogP contribution is 2.05. The molecule has 2 N–H and O–H groups in total. The molecule has 0 saturated heterocycles. The highest BCUT2D eigenvalue weighted by Gasteiger charge is 2.07. The van der Waals surface area contributed by atoms with Gasteiger partial charge < -0.3 is 5.73 Å². The summed E-state index contributed by atoms with van der Waals surface area (Å²) in [6.45, 7) is 3.99. The maximum Gasteiger partial charge on any atom is 0.268 e. The fourth-order valence-electron chi connectivity index (χ4n) is 1.15. The van der Waals surface area contributed by atoms with Crippen molar-refractivity contribution in [1.82, 2.24) is 9.97 Å². The monoisotopic (exact) mass is 179 g/mol. The predicted molar refractivity (Wildman–Crippen MR) is 49.3 cm³/mol. The van der Waals surface area contributed by atoms with Gasteiger partial charge >= 0.3 is 0 Å². The van der Waals surface area contributed by atoms with E-state index in [0.717, 1.165) is 24.2 Å². The van der Waals surface area contributed by atoms with Crippen molar-refractivity contribution in [2.45, 2.75) is 26.7 Å². The highest BCUT2D eigenvalue weighted by molar-refractivity contribution is 5.90. The van der Waals surface area contributed by atoms with Gasteiger partial charge in [0.15, 0.2) is 0 Å². The van der Waals surface area contributed by atoms with Gasteiger partial charge in [0.25, 0.3) is 5.91 Å². The Morgan fingerprint density at radius 2 is 2.00 bits per heavy atom. The number of carbonyl (C=O) groups is 1. The maximum absolute atomic E-state index is 10.8. The molecule has 4 nitrogen and oxygen atoms in total. The Balaban J connectivity index is 3.13. The Kier molecular flexibility index (Phi) is 2.95. The van der Waals surface area contributed by atoms with Crippen LogP contribution in [0.3, 0.4) is 0 Å². The smallest absolute Gasteiger partial charge is 0.268 e. The van der Waals surface area contributed by atoms with E-state index >= 15 is 0 Å². The molecule has 1 rings (SSSR count). The van der Waals surface area contributed by atoms with Crippen molar-refractivity contribution in [2.24, 2.45) is 5.73 Å². The lowest BCUT2D eigenvalue weighted by atomic mass is 10.2. The lowest BCUT2D eigenvalue weighted by molar-refractivity contribution is 0.0995. The van der Waals surface area contributed by atoms with Gasteiger partial charge in [0.2, 0.25) is 0 Å². The summed E-state index contributed by atoms with van der Waals surface area (Å²) in [4.78, 5) is 19.0. The molecule has 1 amide bonds. The van der Waals surface area contributed by atoms with Crippen molar-refractivity contribution < 1.29 is 4.79 Å². The zero-order chi connectivity index (χ0) is 9.84. The molecule has 1 aromatic heterocycles. The van der Waals surface area contributed by atoms with Crippen molar-refractivity contribution >= 4 is 5.91 Å². The van der Waals surface area contributed by atoms with Crippen LogP contribution in [0.5, 0.6) is 0 Å². The third-order valence-electron chi connectivity index (χ3n) is 1.85. The number of carbonyl (C=O) groups excluding carboxylic acids is 1. The highest BCUT2D eigenvalue weighted by atomic mass is 16.1. The second-order valence-corrected chi connectivity index (χ2v) is 2.72. The van der Waals surface area contributed by atoms with Crippen LogP contribution < -0.4 is 5.73 Å². The van der Waals surface area contributed by atoms with Gasteiger partial charge in [-0.1, -0.05) is 13.8 Å². The fourth-order valence-corrected chi connectivity index (χ4v) is 1.15. The molecule has 0 unspecified atom stereocenters. The second kappa shape index (κ2) is 3.98. The zero-order valence-corrected chi connectivity index (χ0v) is 7.87. The van der Waals surface area contributed by atoms with E-state index in [2.05, 4.69) is 9.97 Å². The molecule has 0 spiro atoms. The summed E-state index contributed by atoms with van der Waals surface area (Å²) in [5.74, 6) is -0.523.